The summed E-state index contributed by atoms with van der Waals surface area (Å²) in [6, 6.07) is 8.32. The summed E-state index contributed by atoms with van der Waals surface area (Å²) >= 11 is 0. The standard InChI is InChI=1S/C12H13F2N3O/c1-18-9-4-2-8(3-5-9)7-17-10(12(13)14)6-11(15)16-17/h2-6,12H,7H2,1H3,(H2,15,16). The van der Waals surface area contributed by atoms with Crippen LogP contribution in [0.4, 0.5) is 14.6 Å². The molecule has 4 nitrogen and oxygen atoms in total. The van der Waals surface area contributed by atoms with Crippen LogP contribution in [0.5, 0.6) is 5.75 Å². The van der Waals surface area contributed by atoms with Crippen molar-refractivity contribution in [3.05, 3.63) is 41.6 Å². The molecule has 0 spiro atoms. The van der Waals surface area contributed by atoms with E-state index in [9.17, 15) is 8.78 Å². The smallest absolute Gasteiger partial charge is 0.280 e. The van der Waals surface area contributed by atoms with E-state index in [1.54, 1.807) is 31.4 Å². The fourth-order valence-corrected chi connectivity index (χ4v) is 1.66. The van der Waals surface area contributed by atoms with Gasteiger partial charge in [0.2, 0.25) is 0 Å². The Morgan fingerprint density at radius 1 is 1.33 bits per heavy atom. The molecule has 0 atom stereocenters. The number of nitrogen functional groups attached to an aromatic ring is 1. The number of hydrogen-bond acceptors (Lipinski definition) is 3. The van der Waals surface area contributed by atoms with E-state index in [1.165, 1.54) is 10.7 Å². The van der Waals surface area contributed by atoms with Crippen LogP contribution in [0.15, 0.2) is 30.3 Å². The first kappa shape index (κ1) is 12.3. The molecule has 0 bridgehead atoms. The number of anilines is 1. The van der Waals surface area contributed by atoms with Crippen LogP contribution in [0.1, 0.15) is 17.7 Å². The van der Waals surface area contributed by atoms with Crippen LogP contribution in [-0.2, 0) is 6.54 Å². The lowest BCUT2D eigenvalue weighted by Gasteiger charge is -2.07. The van der Waals surface area contributed by atoms with E-state index in [0.717, 1.165) is 5.56 Å². The Labute approximate surface area is 103 Å². The SMILES string of the molecule is COc1ccc(Cn2nc(N)cc2C(F)F)cc1. The van der Waals surface area contributed by atoms with Crippen LogP contribution in [0.25, 0.3) is 0 Å². The fourth-order valence-electron chi connectivity index (χ4n) is 1.66. The van der Waals surface area contributed by atoms with E-state index in [2.05, 4.69) is 5.10 Å². The van der Waals surface area contributed by atoms with Gasteiger partial charge in [0, 0.05) is 6.07 Å². The number of hydrogen-bond donors (Lipinski definition) is 1. The molecule has 0 aliphatic heterocycles. The molecular formula is C12H13F2N3O. The summed E-state index contributed by atoms with van der Waals surface area (Å²) < 4.78 is 31.7. The maximum Gasteiger partial charge on any atom is 0.280 e. The second-order valence-electron chi connectivity index (χ2n) is 3.80. The van der Waals surface area contributed by atoms with Crippen LogP contribution >= 0.6 is 0 Å². The van der Waals surface area contributed by atoms with Gasteiger partial charge in [0.1, 0.15) is 17.3 Å². The largest absolute Gasteiger partial charge is 0.497 e. The predicted molar refractivity (Wildman–Crippen MR) is 63.7 cm³/mol. The monoisotopic (exact) mass is 253 g/mol. The van der Waals surface area contributed by atoms with Gasteiger partial charge in [-0.1, -0.05) is 12.1 Å². The highest BCUT2D eigenvalue weighted by Crippen LogP contribution is 2.22. The van der Waals surface area contributed by atoms with Gasteiger partial charge in [0.05, 0.1) is 13.7 Å². The molecule has 0 saturated heterocycles. The number of benzene rings is 1. The fraction of sp³-hybridized carbons (Fsp3) is 0.250. The van der Waals surface area contributed by atoms with Crippen molar-refractivity contribution in [2.24, 2.45) is 0 Å². The Bertz CT molecular complexity index is 523. The second kappa shape index (κ2) is 5.03. The third kappa shape index (κ3) is 2.58. The summed E-state index contributed by atoms with van der Waals surface area (Å²) in [5.74, 6) is 0.812. The molecule has 18 heavy (non-hydrogen) atoms. The minimum absolute atomic E-state index is 0.0961. The number of methoxy groups -OCH3 is 1. The molecule has 1 heterocycles. The molecule has 0 fully saturated rings. The number of aromatic nitrogens is 2. The Hall–Kier alpha value is -2.11. The zero-order chi connectivity index (χ0) is 13.1. The molecule has 96 valence electrons. The molecule has 0 unspecified atom stereocenters. The van der Waals surface area contributed by atoms with Gasteiger partial charge in [-0.15, -0.1) is 0 Å². The van der Waals surface area contributed by atoms with Crippen molar-refractivity contribution in [3.63, 3.8) is 0 Å². The van der Waals surface area contributed by atoms with Gasteiger partial charge in [-0.3, -0.25) is 4.68 Å². The molecule has 0 aliphatic rings. The minimum Gasteiger partial charge on any atom is -0.497 e. The van der Waals surface area contributed by atoms with Crippen LogP contribution < -0.4 is 10.5 Å². The van der Waals surface area contributed by atoms with Gasteiger partial charge >= 0.3 is 0 Å². The van der Waals surface area contributed by atoms with Gasteiger partial charge in [0.15, 0.2) is 0 Å². The third-order valence-electron chi connectivity index (χ3n) is 2.54. The first-order valence-corrected chi connectivity index (χ1v) is 5.34. The lowest BCUT2D eigenvalue weighted by atomic mass is 10.2. The number of nitrogens with zero attached hydrogens (tertiary/aromatic N) is 2. The van der Waals surface area contributed by atoms with Crippen LogP contribution in [0, 0.1) is 0 Å². The van der Waals surface area contributed by atoms with Crippen molar-refractivity contribution in [3.8, 4) is 5.75 Å². The van der Waals surface area contributed by atoms with Crippen molar-refractivity contribution in [2.75, 3.05) is 12.8 Å². The quantitative estimate of drug-likeness (QED) is 0.910. The van der Waals surface area contributed by atoms with E-state index >= 15 is 0 Å². The van der Waals surface area contributed by atoms with Crippen LogP contribution in [0.2, 0.25) is 0 Å². The molecule has 1 aromatic carbocycles. The summed E-state index contributed by atoms with van der Waals surface area (Å²) in [5, 5.41) is 3.85. The van der Waals surface area contributed by atoms with Gasteiger partial charge in [-0.05, 0) is 17.7 Å². The molecule has 2 rings (SSSR count). The maximum atomic E-state index is 12.7. The molecule has 0 radical (unpaired) electrons. The number of ether oxygens (including phenoxy) is 1. The van der Waals surface area contributed by atoms with Gasteiger partial charge in [0.25, 0.3) is 6.43 Å². The van der Waals surface area contributed by atoms with Gasteiger partial charge in [-0.25, -0.2) is 8.78 Å². The Morgan fingerprint density at radius 3 is 2.56 bits per heavy atom. The topological polar surface area (TPSA) is 53.1 Å². The highest BCUT2D eigenvalue weighted by atomic mass is 19.3. The lowest BCUT2D eigenvalue weighted by molar-refractivity contribution is 0.140. The van der Waals surface area contributed by atoms with E-state index in [4.69, 9.17) is 10.5 Å². The van der Waals surface area contributed by atoms with Gasteiger partial charge in [-0.2, -0.15) is 5.10 Å². The molecule has 0 aliphatic carbocycles. The normalized spacial score (nSPS) is 10.9. The number of nitrogens with two attached hydrogens (primary N) is 1. The molecule has 0 saturated carbocycles. The summed E-state index contributed by atoms with van der Waals surface area (Å²) in [6.45, 7) is 0.251. The number of rotatable bonds is 4. The molecular weight excluding hydrogens is 240 g/mol. The lowest BCUT2D eigenvalue weighted by Crippen LogP contribution is -2.06. The number of alkyl halides is 2. The minimum atomic E-state index is -2.59. The molecule has 6 heteroatoms. The Kier molecular flexibility index (Phi) is 3.45. The highest BCUT2D eigenvalue weighted by Gasteiger charge is 2.15. The second-order valence-corrected chi connectivity index (χ2v) is 3.80. The van der Waals surface area contributed by atoms with Crippen LogP contribution in [-0.4, -0.2) is 16.9 Å². The van der Waals surface area contributed by atoms with E-state index < -0.39 is 6.43 Å². The first-order chi connectivity index (χ1) is 8.60. The Morgan fingerprint density at radius 2 is 2.00 bits per heavy atom. The van der Waals surface area contributed by atoms with E-state index in [0.29, 0.717) is 5.75 Å². The highest BCUT2D eigenvalue weighted by molar-refractivity contribution is 5.32. The summed E-state index contributed by atoms with van der Waals surface area (Å²) in [7, 11) is 1.57. The molecule has 1 aromatic heterocycles. The zero-order valence-corrected chi connectivity index (χ0v) is 9.81. The van der Waals surface area contributed by atoms with Crippen molar-refractivity contribution in [2.45, 2.75) is 13.0 Å². The Balaban J connectivity index is 2.22. The van der Waals surface area contributed by atoms with E-state index in [-0.39, 0.29) is 18.1 Å². The van der Waals surface area contributed by atoms with Crippen molar-refractivity contribution in [1.82, 2.24) is 9.78 Å². The molecule has 2 N–H and O–H groups in total. The maximum absolute atomic E-state index is 12.7. The average Bonchev–Trinajstić information content (AvgIpc) is 2.71. The van der Waals surface area contributed by atoms with Crippen LogP contribution in [0.3, 0.4) is 0 Å². The summed E-state index contributed by atoms with van der Waals surface area (Å²) in [5.41, 5.74) is 6.10. The van der Waals surface area contributed by atoms with Crippen molar-refractivity contribution in [1.29, 1.82) is 0 Å². The zero-order valence-electron chi connectivity index (χ0n) is 9.81. The van der Waals surface area contributed by atoms with Crippen molar-refractivity contribution >= 4 is 5.82 Å². The molecule has 0 amide bonds. The van der Waals surface area contributed by atoms with E-state index in [1.807, 2.05) is 0 Å². The third-order valence-corrected chi connectivity index (χ3v) is 2.54. The summed E-state index contributed by atoms with van der Waals surface area (Å²) in [4.78, 5) is 0. The first-order valence-electron chi connectivity index (χ1n) is 5.34. The van der Waals surface area contributed by atoms with Gasteiger partial charge < -0.3 is 10.5 Å². The van der Waals surface area contributed by atoms with Crippen molar-refractivity contribution < 1.29 is 13.5 Å². The summed E-state index contributed by atoms with van der Waals surface area (Å²) in [6.07, 6.45) is -2.59. The predicted octanol–water partition coefficient (Wildman–Crippen LogP) is 2.46. The average molecular weight is 253 g/mol. The molecule has 2 aromatic rings. The number of halogens is 2.